The number of carboxylic acids is 1. The summed E-state index contributed by atoms with van der Waals surface area (Å²) in [6.45, 7) is 3.43. The Balaban J connectivity index is 1.87. The minimum atomic E-state index is -0.945. The third-order valence-electron chi connectivity index (χ3n) is 4.20. The van der Waals surface area contributed by atoms with E-state index in [0.717, 1.165) is 30.9 Å². The zero-order valence-electron chi connectivity index (χ0n) is 15.1. The Morgan fingerprint density at radius 2 is 2.27 bits per heavy atom. The first kappa shape index (κ1) is 19.7. The molecule has 142 valence electrons. The van der Waals surface area contributed by atoms with Crippen LogP contribution in [0.4, 0.5) is 5.82 Å². The van der Waals surface area contributed by atoms with Crippen LogP contribution in [0.15, 0.2) is 23.9 Å². The smallest absolute Gasteiger partial charge is 0.305 e. The average molecular weight is 361 g/mol. The molecule has 2 rings (SSSR count). The van der Waals surface area contributed by atoms with Gasteiger partial charge in [-0.1, -0.05) is 13.0 Å². The molecule has 1 amide bonds. The van der Waals surface area contributed by atoms with E-state index in [4.69, 9.17) is 10.9 Å². The maximum Gasteiger partial charge on any atom is 0.305 e. The molecule has 0 atom stereocenters. The largest absolute Gasteiger partial charge is 0.481 e. The van der Waals surface area contributed by atoms with Crippen molar-refractivity contribution in [2.24, 2.45) is 5.84 Å². The Kier molecular flexibility index (Phi) is 7.40. The molecule has 0 bridgehead atoms. The molecule has 8 nitrogen and oxygen atoms in total. The predicted molar refractivity (Wildman–Crippen MR) is 99.3 cm³/mol. The summed E-state index contributed by atoms with van der Waals surface area (Å²) in [4.78, 5) is 27.2. The van der Waals surface area contributed by atoms with Crippen molar-refractivity contribution >= 4 is 17.7 Å². The fourth-order valence-electron chi connectivity index (χ4n) is 2.72. The highest BCUT2D eigenvalue weighted by Crippen LogP contribution is 2.19. The van der Waals surface area contributed by atoms with Crippen LogP contribution < -0.4 is 16.5 Å². The molecule has 0 saturated heterocycles. The zero-order chi connectivity index (χ0) is 18.9. The third-order valence-corrected chi connectivity index (χ3v) is 4.20. The van der Waals surface area contributed by atoms with Crippen LogP contribution in [0.2, 0.25) is 0 Å². The summed E-state index contributed by atoms with van der Waals surface area (Å²) in [5.74, 6) is 5.71. The van der Waals surface area contributed by atoms with E-state index in [1.54, 1.807) is 6.20 Å². The fourth-order valence-corrected chi connectivity index (χ4v) is 2.72. The average Bonchev–Trinajstić information content (AvgIpc) is 2.63. The summed E-state index contributed by atoms with van der Waals surface area (Å²) in [6, 6.07) is 4.12. The number of hydrogen-bond donors (Lipinski definition) is 4. The van der Waals surface area contributed by atoms with Crippen molar-refractivity contribution < 1.29 is 14.7 Å². The van der Waals surface area contributed by atoms with Crippen molar-refractivity contribution in [2.75, 3.05) is 25.0 Å². The molecule has 1 aliphatic heterocycles. The Hall–Kier alpha value is -2.61. The second kappa shape index (κ2) is 9.76. The van der Waals surface area contributed by atoms with Gasteiger partial charge in [0.05, 0.1) is 6.42 Å². The van der Waals surface area contributed by atoms with Gasteiger partial charge < -0.3 is 20.7 Å². The lowest BCUT2D eigenvalue weighted by atomic mass is 10.1. The van der Waals surface area contributed by atoms with Crippen molar-refractivity contribution in [3.05, 3.63) is 35.2 Å². The molecule has 0 saturated carbocycles. The molecule has 1 aliphatic rings. The number of aliphatic carboxylic acids is 1. The number of amides is 1. The molecule has 1 aromatic rings. The molecular formula is C18H27N5O3. The van der Waals surface area contributed by atoms with Gasteiger partial charge in [-0.05, 0) is 30.9 Å². The molecule has 0 spiro atoms. The van der Waals surface area contributed by atoms with E-state index >= 15 is 0 Å². The lowest BCUT2D eigenvalue weighted by Gasteiger charge is -2.19. The monoisotopic (exact) mass is 361 g/mol. The SMILES string of the molecule is CC/C(=C\N(N)CCc1ccc2c(n1)NCCC2)C(=O)NCCC(=O)O. The number of aromatic nitrogens is 1. The Morgan fingerprint density at radius 3 is 3.00 bits per heavy atom. The molecule has 2 heterocycles. The van der Waals surface area contributed by atoms with E-state index in [2.05, 4.69) is 21.7 Å². The Labute approximate surface area is 153 Å². The summed E-state index contributed by atoms with van der Waals surface area (Å²) in [7, 11) is 0. The number of fused-ring (bicyclic) bond motifs is 1. The van der Waals surface area contributed by atoms with Gasteiger partial charge >= 0.3 is 5.97 Å². The summed E-state index contributed by atoms with van der Waals surface area (Å²) in [5, 5.41) is 16.0. The maximum atomic E-state index is 12.1. The first-order valence-corrected chi connectivity index (χ1v) is 8.94. The van der Waals surface area contributed by atoms with E-state index in [1.807, 2.05) is 13.0 Å². The summed E-state index contributed by atoms with van der Waals surface area (Å²) in [5.41, 5.74) is 2.71. The van der Waals surface area contributed by atoms with Crippen molar-refractivity contribution in [1.29, 1.82) is 0 Å². The fraction of sp³-hybridized carbons (Fsp3) is 0.500. The van der Waals surface area contributed by atoms with Crippen LogP contribution in [-0.4, -0.2) is 46.6 Å². The van der Waals surface area contributed by atoms with Gasteiger partial charge in [0.2, 0.25) is 5.91 Å². The number of rotatable bonds is 9. The number of aryl methyl sites for hydroxylation is 1. The lowest BCUT2D eigenvalue weighted by molar-refractivity contribution is -0.136. The molecule has 1 aromatic heterocycles. The first-order chi connectivity index (χ1) is 12.5. The molecular weight excluding hydrogens is 334 g/mol. The van der Waals surface area contributed by atoms with Crippen LogP contribution >= 0.6 is 0 Å². The van der Waals surface area contributed by atoms with E-state index < -0.39 is 5.97 Å². The van der Waals surface area contributed by atoms with Crippen LogP contribution in [0.25, 0.3) is 0 Å². The minimum Gasteiger partial charge on any atom is -0.481 e. The van der Waals surface area contributed by atoms with Crippen molar-refractivity contribution in [1.82, 2.24) is 15.3 Å². The number of hydrogen-bond acceptors (Lipinski definition) is 6. The summed E-state index contributed by atoms with van der Waals surface area (Å²) < 4.78 is 0. The standard InChI is InChI=1S/C18H27N5O3/c1-2-13(18(26)21-10-7-16(24)25)12-23(19)11-8-15-6-5-14-4-3-9-20-17(14)22-15/h5-6,12H,2-4,7-11,19H2,1H3,(H,20,22)(H,21,26)(H,24,25)/b13-12+. The Bertz CT molecular complexity index is 675. The van der Waals surface area contributed by atoms with Crippen LogP contribution in [0.1, 0.15) is 37.4 Å². The van der Waals surface area contributed by atoms with E-state index in [0.29, 0.717) is 25.0 Å². The van der Waals surface area contributed by atoms with E-state index in [1.165, 1.54) is 10.6 Å². The highest BCUT2D eigenvalue weighted by molar-refractivity contribution is 5.93. The number of carboxylic acid groups (broad SMARTS) is 1. The van der Waals surface area contributed by atoms with Gasteiger partial charge in [0.1, 0.15) is 5.82 Å². The number of anilines is 1. The normalized spacial score (nSPS) is 13.5. The third kappa shape index (κ3) is 6.03. The van der Waals surface area contributed by atoms with Gasteiger partial charge in [-0.25, -0.2) is 10.8 Å². The van der Waals surface area contributed by atoms with Crippen LogP contribution in [-0.2, 0) is 22.4 Å². The van der Waals surface area contributed by atoms with Crippen molar-refractivity contribution in [3.8, 4) is 0 Å². The van der Waals surface area contributed by atoms with Gasteiger partial charge in [-0.3, -0.25) is 9.59 Å². The number of pyridine rings is 1. The van der Waals surface area contributed by atoms with Crippen LogP contribution in [0.5, 0.6) is 0 Å². The Morgan fingerprint density at radius 1 is 1.46 bits per heavy atom. The molecule has 0 unspecified atom stereocenters. The van der Waals surface area contributed by atoms with Gasteiger partial charge in [0.25, 0.3) is 0 Å². The predicted octanol–water partition coefficient (Wildman–Crippen LogP) is 1.04. The van der Waals surface area contributed by atoms with Gasteiger partial charge in [-0.15, -0.1) is 0 Å². The summed E-state index contributed by atoms with van der Waals surface area (Å²) >= 11 is 0. The number of nitrogens with one attached hydrogen (secondary N) is 2. The number of hydrazine groups is 1. The molecule has 5 N–H and O–H groups in total. The first-order valence-electron chi connectivity index (χ1n) is 8.94. The van der Waals surface area contributed by atoms with Crippen molar-refractivity contribution in [3.63, 3.8) is 0 Å². The second-order valence-electron chi connectivity index (χ2n) is 6.24. The topological polar surface area (TPSA) is 121 Å². The zero-order valence-corrected chi connectivity index (χ0v) is 15.1. The van der Waals surface area contributed by atoms with Crippen molar-refractivity contribution in [2.45, 2.75) is 39.0 Å². The van der Waals surface area contributed by atoms with Crippen LogP contribution in [0, 0.1) is 0 Å². The van der Waals surface area contributed by atoms with E-state index in [-0.39, 0.29) is 18.9 Å². The van der Waals surface area contributed by atoms with Gasteiger partial charge in [0.15, 0.2) is 0 Å². The highest BCUT2D eigenvalue weighted by atomic mass is 16.4. The minimum absolute atomic E-state index is 0.0993. The molecule has 0 radical (unpaired) electrons. The number of carbonyl (C=O) groups excluding carboxylic acids is 1. The number of carbonyl (C=O) groups is 2. The van der Waals surface area contributed by atoms with Crippen LogP contribution in [0.3, 0.4) is 0 Å². The molecule has 0 fully saturated rings. The number of nitrogens with zero attached hydrogens (tertiary/aromatic N) is 2. The second-order valence-corrected chi connectivity index (χ2v) is 6.24. The molecule has 26 heavy (non-hydrogen) atoms. The lowest BCUT2D eigenvalue weighted by Crippen LogP contribution is -2.32. The van der Waals surface area contributed by atoms with Gasteiger partial charge in [0, 0.05) is 43.5 Å². The molecule has 0 aliphatic carbocycles. The maximum absolute atomic E-state index is 12.1. The highest BCUT2D eigenvalue weighted by Gasteiger charge is 2.12. The van der Waals surface area contributed by atoms with E-state index in [9.17, 15) is 9.59 Å². The quantitative estimate of drug-likeness (QED) is 0.295. The molecule has 8 heteroatoms. The molecule has 0 aromatic carbocycles. The summed E-state index contributed by atoms with van der Waals surface area (Å²) in [6.07, 6.45) is 4.86. The number of nitrogens with two attached hydrogens (primary N) is 1. The van der Waals surface area contributed by atoms with Gasteiger partial charge in [-0.2, -0.15) is 0 Å².